The summed E-state index contributed by atoms with van der Waals surface area (Å²) in [6.45, 7) is 5.37. The Bertz CT molecular complexity index is 1180. The first-order chi connectivity index (χ1) is 16.0. The number of halogens is 4. The fraction of sp³-hybridized carbons (Fsp3) is 0.292. The molecule has 0 aliphatic heterocycles. The van der Waals surface area contributed by atoms with Gasteiger partial charge >= 0.3 is 6.18 Å². The molecular formula is C24H24F4N4O2. The highest BCUT2D eigenvalue weighted by Crippen LogP contribution is 2.35. The third-order valence-electron chi connectivity index (χ3n) is 5.02. The normalized spacial score (nSPS) is 12.5. The summed E-state index contributed by atoms with van der Waals surface area (Å²) in [6, 6.07) is 5.17. The third kappa shape index (κ3) is 5.88. The zero-order valence-electron chi connectivity index (χ0n) is 18.7. The van der Waals surface area contributed by atoms with Crippen LogP contribution in [0.3, 0.4) is 0 Å². The van der Waals surface area contributed by atoms with Crippen molar-refractivity contribution in [2.45, 2.75) is 39.0 Å². The van der Waals surface area contributed by atoms with Crippen molar-refractivity contribution in [3.05, 3.63) is 71.4 Å². The molecule has 0 aliphatic carbocycles. The van der Waals surface area contributed by atoms with Gasteiger partial charge in [-0.1, -0.05) is 13.8 Å². The first-order valence-corrected chi connectivity index (χ1v) is 10.5. The molecule has 2 heterocycles. The number of aliphatic hydroxyl groups is 1. The summed E-state index contributed by atoms with van der Waals surface area (Å²) in [6.07, 6.45) is -1.08. The quantitative estimate of drug-likeness (QED) is 0.404. The lowest BCUT2D eigenvalue weighted by molar-refractivity contribution is -0.137. The molecule has 2 aromatic heterocycles. The average Bonchev–Trinajstić information content (AvgIpc) is 2.77. The van der Waals surface area contributed by atoms with E-state index in [2.05, 4.69) is 20.6 Å². The Balaban J connectivity index is 2.04. The number of alkyl halides is 3. The molecule has 0 radical (unpaired) electrons. The summed E-state index contributed by atoms with van der Waals surface area (Å²) in [5.74, 6) is -1.35. The minimum atomic E-state index is -4.63. The zero-order chi connectivity index (χ0) is 25.0. The molecule has 0 fully saturated rings. The van der Waals surface area contributed by atoms with Gasteiger partial charge in [-0.15, -0.1) is 0 Å². The Morgan fingerprint density at radius 3 is 2.47 bits per heavy atom. The van der Waals surface area contributed by atoms with E-state index in [1.807, 2.05) is 13.8 Å². The van der Waals surface area contributed by atoms with Gasteiger partial charge in [0.15, 0.2) is 0 Å². The van der Waals surface area contributed by atoms with Crippen molar-refractivity contribution >= 4 is 17.3 Å². The van der Waals surface area contributed by atoms with E-state index in [1.165, 1.54) is 31.6 Å². The van der Waals surface area contributed by atoms with Gasteiger partial charge in [0.25, 0.3) is 5.91 Å². The van der Waals surface area contributed by atoms with Crippen molar-refractivity contribution in [3.63, 3.8) is 0 Å². The molecule has 10 heteroatoms. The lowest BCUT2D eigenvalue weighted by Gasteiger charge is -2.18. The monoisotopic (exact) mass is 476 g/mol. The van der Waals surface area contributed by atoms with Crippen LogP contribution in [0, 0.1) is 5.82 Å². The summed E-state index contributed by atoms with van der Waals surface area (Å²) in [5, 5.41) is 15.1. The van der Waals surface area contributed by atoms with E-state index >= 15 is 0 Å². The van der Waals surface area contributed by atoms with Gasteiger partial charge in [0, 0.05) is 36.4 Å². The summed E-state index contributed by atoms with van der Waals surface area (Å²) < 4.78 is 54.0. The van der Waals surface area contributed by atoms with Gasteiger partial charge < -0.3 is 15.7 Å². The highest BCUT2D eigenvalue weighted by molar-refractivity contribution is 6.00. The number of carbonyl (C=O) groups excluding carboxylic acids is 1. The molecule has 0 bridgehead atoms. The lowest BCUT2D eigenvalue weighted by atomic mass is 10.00. The number of benzene rings is 1. The summed E-state index contributed by atoms with van der Waals surface area (Å²) in [7, 11) is 0. The maximum Gasteiger partial charge on any atom is 0.416 e. The molecule has 180 valence electrons. The Morgan fingerprint density at radius 1 is 1.09 bits per heavy atom. The minimum Gasteiger partial charge on any atom is -0.392 e. The Hall–Kier alpha value is -3.53. The van der Waals surface area contributed by atoms with Gasteiger partial charge in [-0.3, -0.25) is 14.8 Å². The molecule has 1 aromatic carbocycles. The Kier molecular flexibility index (Phi) is 7.51. The third-order valence-corrected chi connectivity index (χ3v) is 5.02. The highest BCUT2D eigenvalue weighted by atomic mass is 19.4. The predicted octanol–water partition coefficient (Wildman–Crippen LogP) is 5.28. The molecule has 0 unspecified atom stereocenters. The maximum atomic E-state index is 14.5. The van der Waals surface area contributed by atoms with Crippen LogP contribution in [-0.2, 0) is 6.18 Å². The predicted molar refractivity (Wildman–Crippen MR) is 120 cm³/mol. The number of aromatic nitrogens is 2. The number of hydrogen-bond donors (Lipinski definition) is 3. The number of amides is 1. The number of hydrogen-bond acceptors (Lipinski definition) is 5. The van der Waals surface area contributed by atoms with E-state index in [-0.39, 0.29) is 29.3 Å². The van der Waals surface area contributed by atoms with Crippen molar-refractivity contribution in [1.82, 2.24) is 15.3 Å². The Labute approximate surface area is 194 Å². The van der Waals surface area contributed by atoms with Gasteiger partial charge in [-0.05, 0) is 48.7 Å². The first-order valence-electron chi connectivity index (χ1n) is 10.5. The van der Waals surface area contributed by atoms with Crippen LogP contribution < -0.4 is 10.6 Å². The highest BCUT2D eigenvalue weighted by Gasteiger charge is 2.31. The summed E-state index contributed by atoms with van der Waals surface area (Å²) in [4.78, 5) is 20.7. The van der Waals surface area contributed by atoms with Crippen molar-refractivity contribution < 1.29 is 27.5 Å². The fourth-order valence-corrected chi connectivity index (χ4v) is 3.24. The number of nitrogens with one attached hydrogen (secondary N) is 2. The molecule has 6 nitrogen and oxygen atoms in total. The molecular weight excluding hydrogens is 452 g/mol. The van der Waals surface area contributed by atoms with Gasteiger partial charge in [0.05, 0.1) is 28.6 Å². The molecule has 0 aliphatic rings. The molecule has 1 amide bonds. The number of aliphatic hydroxyl groups excluding tert-OH is 1. The van der Waals surface area contributed by atoms with Gasteiger partial charge in [0.2, 0.25) is 0 Å². The molecule has 0 spiro atoms. The molecule has 3 aromatic rings. The van der Waals surface area contributed by atoms with Crippen LogP contribution in [-0.4, -0.2) is 33.6 Å². The number of anilines is 2. The zero-order valence-corrected chi connectivity index (χ0v) is 18.7. The standard InChI is InChI=1S/C24H24F4N4O2/c1-13(2)17-12-30-21(16-8-15(24(26,27)28)4-5-19(16)25)9-22(17)32-20-6-7-29-11-18(20)23(34)31-10-14(3)33/h4-9,11-14,33H,10H2,1-3H3,(H,31,34)(H,29,30,32)/t14-/m0/s1. The molecule has 3 rings (SSSR count). The van der Waals surface area contributed by atoms with Gasteiger partial charge in [0.1, 0.15) is 5.82 Å². The van der Waals surface area contributed by atoms with E-state index in [4.69, 9.17) is 0 Å². The smallest absolute Gasteiger partial charge is 0.392 e. The second-order valence-corrected chi connectivity index (χ2v) is 8.11. The SMILES string of the molecule is CC(C)c1cnc(-c2cc(C(F)(F)F)ccc2F)cc1Nc1ccncc1C(=O)NC[C@H](C)O. The first kappa shape index (κ1) is 25.1. The second kappa shape index (κ2) is 10.2. The largest absolute Gasteiger partial charge is 0.416 e. The van der Waals surface area contributed by atoms with E-state index in [0.29, 0.717) is 23.0 Å². The second-order valence-electron chi connectivity index (χ2n) is 8.11. The molecule has 0 saturated carbocycles. The maximum absolute atomic E-state index is 14.5. The fourth-order valence-electron chi connectivity index (χ4n) is 3.24. The van der Waals surface area contributed by atoms with Crippen LogP contribution in [0.5, 0.6) is 0 Å². The Morgan fingerprint density at radius 2 is 1.82 bits per heavy atom. The summed E-state index contributed by atoms with van der Waals surface area (Å²) in [5.41, 5.74) is 0.459. The lowest BCUT2D eigenvalue weighted by Crippen LogP contribution is -2.31. The number of carbonyl (C=O) groups is 1. The molecule has 1 atom stereocenters. The van der Waals surface area contributed by atoms with Crippen molar-refractivity contribution in [1.29, 1.82) is 0 Å². The van der Waals surface area contributed by atoms with Crippen molar-refractivity contribution in [3.8, 4) is 11.3 Å². The molecule has 3 N–H and O–H groups in total. The number of nitrogens with zero attached hydrogens (tertiary/aromatic N) is 2. The van der Waals surface area contributed by atoms with Gasteiger partial charge in [-0.25, -0.2) is 4.39 Å². The number of pyridine rings is 2. The van der Waals surface area contributed by atoms with Crippen LogP contribution in [0.2, 0.25) is 0 Å². The topological polar surface area (TPSA) is 87.1 Å². The van der Waals surface area contributed by atoms with Crippen molar-refractivity contribution in [2.24, 2.45) is 0 Å². The summed E-state index contributed by atoms with van der Waals surface area (Å²) >= 11 is 0. The molecule has 34 heavy (non-hydrogen) atoms. The minimum absolute atomic E-state index is 0.00432. The van der Waals surface area contributed by atoms with Crippen LogP contribution in [0.1, 0.15) is 48.2 Å². The average molecular weight is 476 g/mol. The number of rotatable bonds is 7. The van der Waals surface area contributed by atoms with Gasteiger partial charge in [-0.2, -0.15) is 13.2 Å². The van der Waals surface area contributed by atoms with Crippen LogP contribution >= 0.6 is 0 Å². The van der Waals surface area contributed by atoms with Crippen LogP contribution in [0.25, 0.3) is 11.3 Å². The van der Waals surface area contributed by atoms with Crippen LogP contribution in [0.4, 0.5) is 28.9 Å². The van der Waals surface area contributed by atoms with E-state index < -0.39 is 29.6 Å². The van der Waals surface area contributed by atoms with E-state index in [9.17, 15) is 27.5 Å². The van der Waals surface area contributed by atoms with Crippen LogP contribution in [0.15, 0.2) is 48.9 Å². The molecule has 0 saturated heterocycles. The van der Waals surface area contributed by atoms with E-state index in [1.54, 1.807) is 6.07 Å². The van der Waals surface area contributed by atoms with Crippen molar-refractivity contribution in [2.75, 3.05) is 11.9 Å². The van der Waals surface area contributed by atoms with E-state index in [0.717, 1.165) is 12.1 Å².